The molecule has 0 aromatic heterocycles. The standard InChI is InChI=1S/C17H26N2O2/c1-17(2,3)14-4-6-15(7-5-14)19-16(20)21-12-13-8-10-18-11-9-13/h4-7,13,18H,8-12H2,1-3H3,(H,19,20). The number of piperidine rings is 1. The minimum absolute atomic E-state index is 0.119. The zero-order valence-corrected chi connectivity index (χ0v) is 13.2. The molecule has 1 saturated heterocycles. The van der Waals surface area contributed by atoms with Crippen LogP contribution in [0, 0.1) is 5.92 Å². The van der Waals surface area contributed by atoms with E-state index in [4.69, 9.17) is 4.74 Å². The molecule has 1 fully saturated rings. The maximum absolute atomic E-state index is 11.8. The average Bonchev–Trinajstić information content (AvgIpc) is 2.46. The first-order valence-corrected chi connectivity index (χ1v) is 7.70. The Bertz CT molecular complexity index is 457. The van der Waals surface area contributed by atoms with E-state index >= 15 is 0 Å². The van der Waals surface area contributed by atoms with Crippen LogP contribution < -0.4 is 10.6 Å². The summed E-state index contributed by atoms with van der Waals surface area (Å²) in [5, 5.41) is 6.09. The van der Waals surface area contributed by atoms with Gasteiger partial charge in [-0.1, -0.05) is 32.9 Å². The van der Waals surface area contributed by atoms with Crippen molar-refractivity contribution in [2.24, 2.45) is 5.92 Å². The SMILES string of the molecule is CC(C)(C)c1ccc(NC(=O)OCC2CCNCC2)cc1. The highest BCUT2D eigenvalue weighted by Crippen LogP contribution is 2.23. The second-order valence-corrected chi connectivity index (χ2v) is 6.74. The highest BCUT2D eigenvalue weighted by Gasteiger charge is 2.16. The van der Waals surface area contributed by atoms with Gasteiger partial charge in [0.15, 0.2) is 0 Å². The van der Waals surface area contributed by atoms with Crippen LogP contribution in [0.25, 0.3) is 0 Å². The molecule has 1 aliphatic rings. The summed E-state index contributed by atoms with van der Waals surface area (Å²) in [4.78, 5) is 11.8. The van der Waals surface area contributed by atoms with Crippen LogP contribution in [0.1, 0.15) is 39.2 Å². The van der Waals surface area contributed by atoms with E-state index in [1.807, 2.05) is 24.3 Å². The van der Waals surface area contributed by atoms with Crippen LogP contribution in [0.15, 0.2) is 24.3 Å². The molecule has 2 N–H and O–H groups in total. The van der Waals surface area contributed by atoms with Gasteiger partial charge in [-0.25, -0.2) is 4.79 Å². The quantitative estimate of drug-likeness (QED) is 0.895. The fourth-order valence-corrected chi connectivity index (χ4v) is 2.45. The van der Waals surface area contributed by atoms with Crippen molar-refractivity contribution >= 4 is 11.8 Å². The molecule has 1 heterocycles. The maximum Gasteiger partial charge on any atom is 0.411 e. The molecule has 1 aromatic rings. The van der Waals surface area contributed by atoms with Crippen LogP contribution in [0.5, 0.6) is 0 Å². The molecule has 1 aliphatic heterocycles. The summed E-state index contributed by atoms with van der Waals surface area (Å²) in [6.07, 6.45) is 1.79. The van der Waals surface area contributed by atoms with Gasteiger partial charge < -0.3 is 10.1 Å². The molecule has 1 amide bonds. The number of rotatable bonds is 3. The molecular formula is C17H26N2O2. The van der Waals surface area contributed by atoms with Gasteiger partial charge in [0.05, 0.1) is 6.61 Å². The van der Waals surface area contributed by atoms with E-state index in [1.54, 1.807) is 0 Å². The molecule has 4 nitrogen and oxygen atoms in total. The number of carbonyl (C=O) groups excluding carboxylic acids is 1. The fraction of sp³-hybridized carbons (Fsp3) is 0.588. The number of benzene rings is 1. The summed E-state index contributed by atoms with van der Waals surface area (Å²) >= 11 is 0. The molecule has 0 radical (unpaired) electrons. The second kappa shape index (κ2) is 6.94. The average molecular weight is 290 g/mol. The van der Waals surface area contributed by atoms with E-state index in [0.717, 1.165) is 31.6 Å². The molecule has 0 aliphatic carbocycles. The monoisotopic (exact) mass is 290 g/mol. The van der Waals surface area contributed by atoms with Crippen molar-refractivity contribution in [3.63, 3.8) is 0 Å². The van der Waals surface area contributed by atoms with Gasteiger partial charge in [-0.15, -0.1) is 0 Å². The van der Waals surface area contributed by atoms with E-state index in [9.17, 15) is 4.79 Å². The Labute approximate surface area is 127 Å². The van der Waals surface area contributed by atoms with Gasteiger partial charge in [0, 0.05) is 5.69 Å². The summed E-state index contributed by atoms with van der Waals surface area (Å²) in [5.41, 5.74) is 2.14. The van der Waals surface area contributed by atoms with Crippen molar-refractivity contribution in [3.05, 3.63) is 29.8 Å². The zero-order valence-electron chi connectivity index (χ0n) is 13.2. The van der Waals surface area contributed by atoms with Crippen LogP contribution in [-0.4, -0.2) is 25.8 Å². The first kappa shape index (κ1) is 15.8. The predicted octanol–water partition coefficient (Wildman–Crippen LogP) is 3.53. The summed E-state index contributed by atoms with van der Waals surface area (Å²) in [7, 11) is 0. The zero-order chi connectivity index (χ0) is 15.3. The number of ether oxygens (including phenoxy) is 1. The Morgan fingerprint density at radius 2 is 1.86 bits per heavy atom. The number of amides is 1. The summed E-state index contributed by atoms with van der Waals surface area (Å²) < 4.78 is 5.31. The number of carbonyl (C=O) groups is 1. The number of hydrogen-bond acceptors (Lipinski definition) is 3. The van der Waals surface area contributed by atoms with Crippen LogP contribution in [-0.2, 0) is 10.2 Å². The van der Waals surface area contributed by atoms with Crippen molar-refractivity contribution in [2.45, 2.75) is 39.0 Å². The van der Waals surface area contributed by atoms with Crippen molar-refractivity contribution in [2.75, 3.05) is 25.0 Å². The number of nitrogens with one attached hydrogen (secondary N) is 2. The van der Waals surface area contributed by atoms with Gasteiger partial charge in [0.25, 0.3) is 0 Å². The van der Waals surface area contributed by atoms with Gasteiger partial charge >= 0.3 is 6.09 Å². The van der Waals surface area contributed by atoms with Crippen LogP contribution in [0.4, 0.5) is 10.5 Å². The summed E-state index contributed by atoms with van der Waals surface area (Å²) in [5.74, 6) is 0.486. The normalized spacial score (nSPS) is 16.5. The smallest absolute Gasteiger partial charge is 0.411 e. The van der Waals surface area contributed by atoms with Gasteiger partial charge in [-0.2, -0.15) is 0 Å². The van der Waals surface area contributed by atoms with Crippen molar-refractivity contribution < 1.29 is 9.53 Å². The van der Waals surface area contributed by atoms with E-state index in [2.05, 4.69) is 31.4 Å². The van der Waals surface area contributed by atoms with Gasteiger partial charge in [-0.3, -0.25) is 5.32 Å². The predicted molar refractivity (Wildman–Crippen MR) is 85.7 cm³/mol. The second-order valence-electron chi connectivity index (χ2n) is 6.74. The highest BCUT2D eigenvalue weighted by molar-refractivity contribution is 5.84. The molecule has 0 atom stereocenters. The molecule has 4 heteroatoms. The number of hydrogen-bond donors (Lipinski definition) is 2. The van der Waals surface area contributed by atoms with Crippen LogP contribution in [0.3, 0.4) is 0 Å². The third kappa shape index (κ3) is 5.05. The minimum atomic E-state index is -0.364. The third-order valence-corrected chi connectivity index (χ3v) is 3.91. The first-order valence-electron chi connectivity index (χ1n) is 7.70. The lowest BCUT2D eigenvalue weighted by Gasteiger charge is -2.22. The van der Waals surface area contributed by atoms with Crippen molar-refractivity contribution in [3.8, 4) is 0 Å². The molecule has 2 rings (SSSR count). The lowest BCUT2D eigenvalue weighted by atomic mass is 9.87. The van der Waals surface area contributed by atoms with Gasteiger partial charge in [0.2, 0.25) is 0 Å². The van der Waals surface area contributed by atoms with Crippen molar-refractivity contribution in [1.82, 2.24) is 5.32 Å². The van der Waals surface area contributed by atoms with Crippen molar-refractivity contribution in [1.29, 1.82) is 0 Å². The maximum atomic E-state index is 11.8. The molecule has 0 unspecified atom stereocenters. The third-order valence-electron chi connectivity index (χ3n) is 3.91. The minimum Gasteiger partial charge on any atom is -0.449 e. The van der Waals surface area contributed by atoms with E-state index in [-0.39, 0.29) is 11.5 Å². The first-order chi connectivity index (χ1) is 9.95. The molecule has 116 valence electrons. The van der Waals surface area contributed by atoms with Gasteiger partial charge in [-0.05, 0) is 55.0 Å². The molecule has 0 bridgehead atoms. The Hall–Kier alpha value is -1.55. The number of anilines is 1. The Morgan fingerprint density at radius 1 is 1.24 bits per heavy atom. The lowest BCUT2D eigenvalue weighted by Crippen LogP contribution is -2.31. The Morgan fingerprint density at radius 3 is 2.43 bits per heavy atom. The van der Waals surface area contributed by atoms with E-state index in [0.29, 0.717) is 12.5 Å². The molecule has 0 saturated carbocycles. The fourth-order valence-electron chi connectivity index (χ4n) is 2.45. The van der Waals surface area contributed by atoms with E-state index < -0.39 is 0 Å². The molecule has 0 spiro atoms. The highest BCUT2D eigenvalue weighted by atomic mass is 16.5. The van der Waals surface area contributed by atoms with Gasteiger partial charge in [0.1, 0.15) is 0 Å². The Balaban J connectivity index is 1.79. The summed E-state index contributed by atoms with van der Waals surface area (Å²) in [6, 6.07) is 7.93. The largest absolute Gasteiger partial charge is 0.449 e. The molecular weight excluding hydrogens is 264 g/mol. The van der Waals surface area contributed by atoms with Crippen LogP contribution >= 0.6 is 0 Å². The summed E-state index contributed by atoms with van der Waals surface area (Å²) in [6.45, 7) is 9.05. The Kier molecular flexibility index (Phi) is 5.23. The van der Waals surface area contributed by atoms with Crippen LogP contribution in [0.2, 0.25) is 0 Å². The molecule has 21 heavy (non-hydrogen) atoms. The van der Waals surface area contributed by atoms with E-state index in [1.165, 1.54) is 5.56 Å². The lowest BCUT2D eigenvalue weighted by molar-refractivity contribution is 0.131. The molecule has 1 aromatic carbocycles. The topological polar surface area (TPSA) is 50.4 Å².